The zero-order valence-corrected chi connectivity index (χ0v) is 16.1. The van der Waals surface area contributed by atoms with E-state index < -0.39 is 10.8 Å². The molecule has 24 heavy (non-hydrogen) atoms. The Morgan fingerprint density at radius 3 is 2.00 bits per heavy atom. The van der Waals surface area contributed by atoms with Gasteiger partial charge >= 0.3 is 0 Å². The van der Waals surface area contributed by atoms with Gasteiger partial charge in [-0.05, 0) is 44.4 Å². The minimum absolute atomic E-state index is 0. The van der Waals surface area contributed by atoms with Gasteiger partial charge in [0.15, 0.2) is 0 Å². The van der Waals surface area contributed by atoms with Gasteiger partial charge in [-0.1, -0.05) is 18.2 Å². The highest BCUT2D eigenvalue weighted by Gasteiger charge is 2.26. The van der Waals surface area contributed by atoms with Crippen LogP contribution in [0.5, 0.6) is 0 Å². The molecule has 0 bridgehead atoms. The first-order valence-electron chi connectivity index (χ1n) is 7.49. The largest absolute Gasteiger partial charge is 0.287 e. The van der Waals surface area contributed by atoms with E-state index in [-0.39, 0.29) is 17.0 Å². The fourth-order valence-corrected chi connectivity index (χ4v) is 2.33. The molecule has 7 heteroatoms. The molecule has 0 atom stereocenters. The average Bonchev–Trinajstić information content (AvgIpc) is 2.92. The molecule has 0 aliphatic carbocycles. The van der Waals surface area contributed by atoms with Gasteiger partial charge < -0.3 is 0 Å². The number of nitrogens with one attached hydrogen (secondary N) is 1. The highest BCUT2D eigenvalue weighted by molar-refractivity contribution is 8.93. The van der Waals surface area contributed by atoms with Crippen molar-refractivity contribution in [3.63, 3.8) is 0 Å². The number of amidine groups is 1. The first-order valence-corrected chi connectivity index (χ1v) is 7.49. The number of rotatable bonds is 4. The van der Waals surface area contributed by atoms with Crippen molar-refractivity contribution >= 4 is 22.8 Å². The summed E-state index contributed by atoms with van der Waals surface area (Å²) in [5.41, 5.74) is 4.35. The van der Waals surface area contributed by atoms with Crippen molar-refractivity contribution in [2.45, 2.75) is 44.9 Å². The molecule has 128 valence electrons. The van der Waals surface area contributed by atoms with Crippen molar-refractivity contribution in [3.8, 4) is 12.1 Å². The summed E-state index contributed by atoms with van der Waals surface area (Å²) in [7, 11) is 0. The van der Waals surface area contributed by atoms with Crippen molar-refractivity contribution in [2.75, 3.05) is 6.67 Å². The molecule has 0 spiro atoms. The summed E-state index contributed by atoms with van der Waals surface area (Å²) in [6.45, 7) is 7.98. The third-order valence-corrected chi connectivity index (χ3v) is 4.14. The van der Waals surface area contributed by atoms with Crippen LogP contribution < -0.4 is 11.3 Å². The topological polar surface area (TPSA) is 101 Å². The number of nitrogens with two attached hydrogens (primary N) is 1. The number of hydrogen-bond donors (Lipinski definition) is 2. The molecule has 6 nitrogen and oxygen atoms in total. The molecule has 0 saturated carbocycles. The van der Waals surface area contributed by atoms with Crippen LogP contribution in [-0.2, 0) is 17.3 Å². The van der Waals surface area contributed by atoms with Gasteiger partial charge in [0.2, 0.25) is 0 Å². The quantitative estimate of drug-likeness (QED) is 0.768. The van der Waals surface area contributed by atoms with Crippen LogP contribution in [0.1, 0.15) is 44.4 Å². The molecule has 1 aromatic carbocycles. The Balaban J connectivity index is 0.00000288. The maximum absolute atomic E-state index is 9.44. The minimum atomic E-state index is -0.631. The Labute approximate surface area is 153 Å². The lowest BCUT2D eigenvalue weighted by Crippen LogP contribution is -2.37. The maximum atomic E-state index is 9.44. The second kappa shape index (κ2) is 7.21. The molecule has 0 radical (unpaired) electrons. The van der Waals surface area contributed by atoms with Crippen LogP contribution in [0.25, 0.3) is 0 Å². The standard InChI is InChI=1S/C17H22N6.BrH/c1-16(2,9-18)13-5-12(7-15-22-21-11-23(15)20)6-14(8-13)17(3,4)10-19;/h5-6,8,21H,7,11,20H2,1-4H3;1H. The van der Waals surface area contributed by atoms with Crippen LogP contribution in [0.4, 0.5) is 0 Å². The third kappa shape index (κ3) is 4.05. The molecule has 1 aromatic rings. The predicted octanol–water partition coefficient (Wildman–Crippen LogP) is 2.46. The number of halogens is 1. The summed E-state index contributed by atoms with van der Waals surface area (Å²) in [6.07, 6.45) is 0.549. The zero-order valence-electron chi connectivity index (χ0n) is 14.4. The first-order chi connectivity index (χ1) is 10.7. The van der Waals surface area contributed by atoms with Gasteiger partial charge in [0.05, 0.1) is 23.0 Å². The predicted molar refractivity (Wildman–Crippen MR) is 99.2 cm³/mol. The summed E-state index contributed by atoms with van der Waals surface area (Å²) >= 11 is 0. The Kier molecular flexibility index (Phi) is 5.99. The van der Waals surface area contributed by atoms with E-state index in [2.05, 4.69) is 22.7 Å². The first kappa shape index (κ1) is 20.0. The van der Waals surface area contributed by atoms with Gasteiger partial charge in [0, 0.05) is 6.42 Å². The van der Waals surface area contributed by atoms with Crippen LogP contribution >= 0.6 is 17.0 Å². The molecule has 0 amide bonds. The summed E-state index contributed by atoms with van der Waals surface area (Å²) in [5.74, 6) is 6.60. The third-order valence-electron chi connectivity index (χ3n) is 4.14. The summed E-state index contributed by atoms with van der Waals surface area (Å²) in [5, 5.41) is 24.6. The highest BCUT2D eigenvalue weighted by Crippen LogP contribution is 2.30. The van der Waals surface area contributed by atoms with Crippen LogP contribution in [0.2, 0.25) is 0 Å². The molecule has 1 aliphatic heterocycles. The van der Waals surface area contributed by atoms with E-state index in [0.717, 1.165) is 22.5 Å². The SMILES string of the molecule is Br.CC(C)(C#N)c1cc(CC2=NNCN2N)cc(C(C)(C)C#N)c1. The smallest absolute Gasteiger partial charge is 0.144 e. The van der Waals surface area contributed by atoms with Crippen molar-refractivity contribution in [1.82, 2.24) is 10.4 Å². The van der Waals surface area contributed by atoms with Crippen LogP contribution in [0, 0.1) is 22.7 Å². The van der Waals surface area contributed by atoms with Gasteiger partial charge in [-0.25, -0.2) is 5.84 Å². The van der Waals surface area contributed by atoms with Gasteiger partial charge in [0.25, 0.3) is 0 Å². The molecule has 3 N–H and O–H groups in total. The maximum Gasteiger partial charge on any atom is 0.144 e. The van der Waals surface area contributed by atoms with Crippen molar-refractivity contribution < 1.29 is 0 Å². The minimum Gasteiger partial charge on any atom is -0.287 e. The van der Waals surface area contributed by atoms with Gasteiger partial charge in [-0.3, -0.25) is 10.4 Å². The number of benzene rings is 1. The van der Waals surface area contributed by atoms with Crippen LogP contribution in [-0.4, -0.2) is 17.5 Å². The fourth-order valence-electron chi connectivity index (χ4n) is 2.33. The normalized spacial score (nSPS) is 14.1. The average molecular weight is 391 g/mol. The lowest BCUT2D eigenvalue weighted by molar-refractivity contribution is 0.441. The van der Waals surface area contributed by atoms with Crippen LogP contribution in [0.15, 0.2) is 23.3 Å². The molecule has 0 unspecified atom stereocenters. The van der Waals surface area contributed by atoms with E-state index in [0.29, 0.717) is 13.1 Å². The Morgan fingerprint density at radius 2 is 1.62 bits per heavy atom. The second-order valence-corrected chi connectivity index (χ2v) is 6.88. The molecule has 0 aromatic heterocycles. The number of hydrazone groups is 1. The monoisotopic (exact) mass is 390 g/mol. The van der Waals surface area contributed by atoms with E-state index in [1.165, 1.54) is 0 Å². The van der Waals surface area contributed by atoms with Crippen molar-refractivity contribution in [1.29, 1.82) is 10.5 Å². The van der Waals surface area contributed by atoms with Gasteiger partial charge in [-0.15, -0.1) is 17.0 Å². The lowest BCUT2D eigenvalue weighted by Gasteiger charge is -2.23. The lowest BCUT2D eigenvalue weighted by atomic mass is 9.78. The number of nitriles is 2. The molecule has 2 rings (SSSR count). The Morgan fingerprint density at radius 1 is 1.12 bits per heavy atom. The second-order valence-electron chi connectivity index (χ2n) is 6.88. The van der Waals surface area contributed by atoms with Crippen LogP contribution in [0.3, 0.4) is 0 Å². The molecule has 1 aliphatic rings. The number of nitrogens with zero attached hydrogens (tertiary/aromatic N) is 4. The highest BCUT2D eigenvalue weighted by atomic mass is 79.9. The Hall–Kier alpha value is -2.09. The van der Waals surface area contributed by atoms with E-state index in [1.807, 2.05) is 45.9 Å². The van der Waals surface area contributed by atoms with E-state index in [9.17, 15) is 10.5 Å². The van der Waals surface area contributed by atoms with E-state index >= 15 is 0 Å². The number of hydrogen-bond acceptors (Lipinski definition) is 6. The molecule has 0 fully saturated rings. The summed E-state index contributed by atoms with van der Waals surface area (Å²) < 4.78 is 0. The number of hydrazine groups is 1. The fraction of sp³-hybridized carbons (Fsp3) is 0.471. The summed E-state index contributed by atoms with van der Waals surface area (Å²) in [6, 6.07) is 10.6. The molecular formula is C17H23BrN6. The molecule has 0 saturated heterocycles. The van der Waals surface area contributed by atoms with Crippen molar-refractivity contribution in [3.05, 3.63) is 34.9 Å². The van der Waals surface area contributed by atoms with Gasteiger partial charge in [0.1, 0.15) is 12.5 Å². The zero-order chi connectivity index (χ0) is 17.3. The van der Waals surface area contributed by atoms with E-state index in [4.69, 9.17) is 5.84 Å². The molecule has 1 heterocycles. The van der Waals surface area contributed by atoms with E-state index in [1.54, 1.807) is 5.01 Å². The summed E-state index contributed by atoms with van der Waals surface area (Å²) in [4.78, 5) is 0. The Bertz CT molecular complexity index is 679. The van der Waals surface area contributed by atoms with Gasteiger partial charge in [-0.2, -0.15) is 15.6 Å². The molecular weight excluding hydrogens is 368 g/mol. The van der Waals surface area contributed by atoms with Crippen molar-refractivity contribution in [2.24, 2.45) is 10.9 Å².